The number of unbranched alkanes of at least 4 members (excludes halogenated alkanes) is 2. The van der Waals surface area contributed by atoms with E-state index in [1.807, 2.05) is 65.6 Å². The van der Waals surface area contributed by atoms with Gasteiger partial charge in [-0.2, -0.15) is 5.53 Å². The third-order valence-electron chi connectivity index (χ3n) is 3.40. The molecule has 2 rings (SSSR count). The van der Waals surface area contributed by atoms with Gasteiger partial charge in [0, 0.05) is 17.9 Å². The highest BCUT2D eigenvalue weighted by Gasteiger charge is 2.13. The first-order valence-corrected chi connectivity index (χ1v) is 8.42. The summed E-state index contributed by atoms with van der Waals surface area (Å²) in [4.78, 5) is 2.00. The maximum Gasteiger partial charge on any atom is 0.193 e. The smallest absolute Gasteiger partial charge is 0.193 e. The molecule has 0 amide bonds. The van der Waals surface area contributed by atoms with Gasteiger partial charge in [-0.05, 0) is 42.9 Å². The van der Waals surface area contributed by atoms with Crippen molar-refractivity contribution in [2.75, 3.05) is 11.4 Å². The molecule has 5 heteroatoms. The maximum absolute atomic E-state index is 5.55. The Morgan fingerprint density at radius 3 is 2.00 bits per heavy atom. The Labute approximate surface area is 143 Å². The number of benzene rings is 2. The lowest BCUT2D eigenvalue weighted by atomic mass is 10.2. The van der Waals surface area contributed by atoms with Crippen LogP contribution in [0.2, 0.25) is 0 Å². The molecule has 0 bridgehead atoms. The average molecular weight is 328 g/mol. The third kappa shape index (κ3) is 5.63. The van der Waals surface area contributed by atoms with Crippen LogP contribution in [0.3, 0.4) is 0 Å². The molecule has 2 aromatic carbocycles. The van der Waals surface area contributed by atoms with Crippen LogP contribution in [0.5, 0.6) is 0 Å². The first-order chi connectivity index (χ1) is 11.3. The zero-order valence-corrected chi connectivity index (χ0v) is 14.3. The number of hydrogen-bond donors (Lipinski definition) is 3. The van der Waals surface area contributed by atoms with Crippen molar-refractivity contribution in [2.24, 2.45) is 0 Å². The van der Waals surface area contributed by atoms with Gasteiger partial charge in [0.05, 0.1) is 0 Å². The minimum Gasteiger partial charge on any atom is -0.287 e. The molecule has 0 aliphatic rings. The van der Waals surface area contributed by atoms with E-state index in [2.05, 4.69) is 23.3 Å². The summed E-state index contributed by atoms with van der Waals surface area (Å²) in [5.41, 5.74) is 11.2. The van der Waals surface area contributed by atoms with Gasteiger partial charge in [-0.3, -0.25) is 10.3 Å². The molecule has 23 heavy (non-hydrogen) atoms. The quantitative estimate of drug-likeness (QED) is 0.389. The van der Waals surface area contributed by atoms with E-state index in [4.69, 9.17) is 12.2 Å². The van der Waals surface area contributed by atoms with Gasteiger partial charge in [0.2, 0.25) is 0 Å². The lowest BCUT2D eigenvalue weighted by Gasteiger charge is -2.26. The Hall–Kier alpha value is -1.95. The van der Waals surface area contributed by atoms with E-state index in [0.717, 1.165) is 24.3 Å². The third-order valence-corrected chi connectivity index (χ3v) is 3.68. The Balaban J connectivity index is 1.99. The number of nitrogens with zero attached hydrogens (tertiary/aromatic N) is 1. The van der Waals surface area contributed by atoms with Crippen LogP contribution in [-0.4, -0.2) is 11.7 Å². The number of para-hydroxylation sites is 2. The first-order valence-electron chi connectivity index (χ1n) is 8.01. The molecule has 0 saturated carbocycles. The molecule has 0 heterocycles. The summed E-state index contributed by atoms with van der Waals surface area (Å²) in [5, 5.41) is 0.588. The minimum atomic E-state index is 0.588. The second-order valence-electron chi connectivity index (χ2n) is 5.20. The molecular formula is C18H24N4S. The van der Waals surface area contributed by atoms with Crippen molar-refractivity contribution in [3.8, 4) is 0 Å². The molecule has 0 radical (unpaired) electrons. The zero-order chi connectivity index (χ0) is 16.3. The molecule has 0 aliphatic heterocycles. The van der Waals surface area contributed by atoms with Crippen molar-refractivity contribution >= 4 is 28.7 Å². The lowest BCUT2D eigenvalue weighted by Crippen LogP contribution is -2.51. The number of rotatable bonds is 8. The first kappa shape index (κ1) is 17.4. The monoisotopic (exact) mass is 328 g/mol. The molecule has 2 aromatic rings. The van der Waals surface area contributed by atoms with Gasteiger partial charge >= 0.3 is 0 Å². The molecule has 122 valence electrons. The van der Waals surface area contributed by atoms with Crippen LogP contribution in [0.4, 0.5) is 11.4 Å². The molecule has 0 atom stereocenters. The van der Waals surface area contributed by atoms with Crippen LogP contribution in [0.1, 0.15) is 26.2 Å². The van der Waals surface area contributed by atoms with Crippen molar-refractivity contribution in [3.05, 3.63) is 60.7 Å². The predicted octanol–water partition coefficient (Wildman–Crippen LogP) is 3.90. The minimum absolute atomic E-state index is 0.588. The van der Waals surface area contributed by atoms with Gasteiger partial charge in [0.1, 0.15) is 0 Å². The van der Waals surface area contributed by atoms with Gasteiger partial charge in [0.25, 0.3) is 0 Å². The van der Waals surface area contributed by atoms with Gasteiger partial charge in [-0.15, -0.1) is 0 Å². The summed E-state index contributed by atoms with van der Waals surface area (Å²) in [5.74, 6) is 0. The standard InChI is InChI=1S/C18H24N4S/c1-2-3-10-15-19-21-20-18(23)22(16-11-6-4-7-12-16)17-13-8-5-9-14-17/h4-9,11-14,19,21H,2-3,10,15H2,1H3,(H,20,23). The molecule has 0 saturated heterocycles. The zero-order valence-electron chi connectivity index (χ0n) is 13.5. The second-order valence-corrected chi connectivity index (χ2v) is 5.58. The van der Waals surface area contributed by atoms with Crippen molar-refractivity contribution in [2.45, 2.75) is 26.2 Å². The fourth-order valence-electron chi connectivity index (χ4n) is 2.22. The number of nitrogens with one attached hydrogen (secondary N) is 3. The SMILES string of the molecule is CCCCCNNNC(=S)N(c1ccccc1)c1ccccc1. The van der Waals surface area contributed by atoms with E-state index in [-0.39, 0.29) is 0 Å². The molecule has 0 fully saturated rings. The molecule has 3 N–H and O–H groups in total. The second kappa shape index (κ2) is 9.94. The van der Waals surface area contributed by atoms with Gasteiger partial charge in [-0.1, -0.05) is 56.2 Å². The lowest BCUT2D eigenvalue weighted by molar-refractivity contribution is 0.487. The van der Waals surface area contributed by atoms with Crippen LogP contribution in [-0.2, 0) is 0 Å². The summed E-state index contributed by atoms with van der Waals surface area (Å²) in [7, 11) is 0. The highest BCUT2D eigenvalue weighted by Crippen LogP contribution is 2.24. The molecule has 0 aliphatic carbocycles. The van der Waals surface area contributed by atoms with Gasteiger partial charge in [0.15, 0.2) is 5.11 Å². The van der Waals surface area contributed by atoms with Crippen LogP contribution < -0.4 is 21.3 Å². The Morgan fingerprint density at radius 1 is 0.913 bits per heavy atom. The highest BCUT2D eigenvalue weighted by atomic mass is 32.1. The number of hydrazine groups is 2. The fraction of sp³-hybridized carbons (Fsp3) is 0.278. The van der Waals surface area contributed by atoms with Crippen LogP contribution in [0.15, 0.2) is 60.7 Å². The van der Waals surface area contributed by atoms with E-state index in [9.17, 15) is 0 Å². The van der Waals surface area contributed by atoms with Crippen molar-refractivity contribution in [1.82, 2.24) is 16.4 Å². The topological polar surface area (TPSA) is 39.3 Å². The van der Waals surface area contributed by atoms with E-state index in [1.54, 1.807) is 0 Å². The van der Waals surface area contributed by atoms with Gasteiger partial charge in [-0.25, -0.2) is 5.43 Å². The van der Waals surface area contributed by atoms with E-state index >= 15 is 0 Å². The summed E-state index contributed by atoms with van der Waals surface area (Å²) in [6.07, 6.45) is 3.57. The Kier molecular flexibility index (Phi) is 7.52. The Bertz CT molecular complexity index is 535. The van der Waals surface area contributed by atoms with Gasteiger partial charge < -0.3 is 0 Å². The fourth-order valence-corrected chi connectivity index (χ4v) is 2.48. The van der Waals surface area contributed by atoms with Crippen molar-refractivity contribution < 1.29 is 0 Å². The van der Waals surface area contributed by atoms with Crippen LogP contribution in [0, 0.1) is 0 Å². The number of thiocarbonyl (C=S) groups is 1. The summed E-state index contributed by atoms with van der Waals surface area (Å²) >= 11 is 5.55. The summed E-state index contributed by atoms with van der Waals surface area (Å²) in [6, 6.07) is 20.2. The summed E-state index contributed by atoms with van der Waals surface area (Å²) < 4.78 is 0. The molecule has 0 aromatic heterocycles. The molecule has 0 spiro atoms. The van der Waals surface area contributed by atoms with Crippen LogP contribution in [0.25, 0.3) is 0 Å². The van der Waals surface area contributed by atoms with E-state index in [1.165, 1.54) is 12.8 Å². The number of anilines is 2. The normalized spacial score (nSPS) is 10.3. The maximum atomic E-state index is 5.55. The Morgan fingerprint density at radius 2 is 1.48 bits per heavy atom. The number of hydrogen-bond acceptors (Lipinski definition) is 3. The predicted molar refractivity (Wildman–Crippen MR) is 101 cm³/mol. The summed E-state index contributed by atoms with van der Waals surface area (Å²) in [6.45, 7) is 3.10. The van der Waals surface area contributed by atoms with Crippen LogP contribution >= 0.6 is 12.2 Å². The van der Waals surface area contributed by atoms with Crippen molar-refractivity contribution in [3.63, 3.8) is 0 Å². The highest BCUT2D eigenvalue weighted by molar-refractivity contribution is 7.80. The van der Waals surface area contributed by atoms with E-state index < -0.39 is 0 Å². The molecule has 0 unspecified atom stereocenters. The largest absolute Gasteiger partial charge is 0.287 e. The van der Waals surface area contributed by atoms with Crippen molar-refractivity contribution in [1.29, 1.82) is 0 Å². The molecule has 4 nitrogen and oxygen atoms in total. The molecular weight excluding hydrogens is 304 g/mol. The van der Waals surface area contributed by atoms with E-state index in [0.29, 0.717) is 5.11 Å². The average Bonchev–Trinajstić information content (AvgIpc) is 2.60.